The molecule has 0 unspecified atom stereocenters. The van der Waals surface area contributed by atoms with Crippen LogP contribution in [0.15, 0.2) is 24.3 Å². The molecule has 2 N–H and O–H groups in total. The first-order valence-electron chi connectivity index (χ1n) is 8.20. The van der Waals surface area contributed by atoms with Crippen LogP contribution >= 0.6 is 0 Å². The zero-order valence-electron chi connectivity index (χ0n) is 14.1. The Morgan fingerprint density at radius 3 is 2.57 bits per heavy atom. The highest BCUT2D eigenvalue weighted by atomic mass is 16.2. The normalized spacial score (nSPS) is 11.1. The molecule has 1 amide bonds. The fraction of sp³-hybridized carbons (Fsp3) is 0.444. The third-order valence-electron chi connectivity index (χ3n) is 4.16. The molecule has 5 nitrogen and oxygen atoms in total. The van der Waals surface area contributed by atoms with E-state index in [2.05, 4.69) is 29.0 Å². The minimum Gasteiger partial charge on any atom is -0.358 e. The summed E-state index contributed by atoms with van der Waals surface area (Å²) in [7, 11) is 0. The summed E-state index contributed by atoms with van der Waals surface area (Å²) in [5, 5.41) is 3.54. The number of carbonyl (C=O) groups excluding carboxylic acids is 2. The summed E-state index contributed by atoms with van der Waals surface area (Å²) >= 11 is 0. The van der Waals surface area contributed by atoms with Crippen molar-refractivity contribution in [2.45, 2.75) is 27.2 Å². The predicted octanol–water partition coefficient (Wildman–Crippen LogP) is 2.51. The number of aromatic nitrogens is 1. The van der Waals surface area contributed by atoms with Gasteiger partial charge in [-0.1, -0.05) is 32.0 Å². The highest BCUT2D eigenvalue weighted by molar-refractivity contribution is 6.45. The Hall–Kier alpha value is -2.14. The molecule has 1 aromatic heterocycles. The Morgan fingerprint density at radius 1 is 1.17 bits per heavy atom. The van der Waals surface area contributed by atoms with E-state index >= 15 is 0 Å². The highest BCUT2D eigenvalue weighted by Crippen LogP contribution is 2.22. The fourth-order valence-electron chi connectivity index (χ4n) is 2.81. The van der Waals surface area contributed by atoms with Crippen LogP contribution in [-0.4, -0.2) is 47.8 Å². The van der Waals surface area contributed by atoms with Gasteiger partial charge in [0.15, 0.2) is 0 Å². The van der Waals surface area contributed by atoms with E-state index < -0.39 is 11.7 Å². The molecule has 23 heavy (non-hydrogen) atoms. The Bertz CT molecular complexity index is 687. The molecule has 2 aromatic rings. The van der Waals surface area contributed by atoms with Gasteiger partial charge >= 0.3 is 0 Å². The standard InChI is InChI=1S/C18H25N3O2/c1-4-21(5-2)12-8-11-19-18(23)17(22)16-13(3)20-15-10-7-6-9-14(15)16/h6-7,9-10,20H,4-5,8,11-12H2,1-3H3,(H,19,23). The van der Waals surface area contributed by atoms with Crippen LogP contribution in [-0.2, 0) is 4.79 Å². The van der Waals surface area contributed by atoms with Crippen LogP contribution in [0.1, 0.15) is 36.3 Å². The molecule has 0 aliphatic carbocycles. The van der Waals surface area contributed by atoms with Crippen LogP contribution < -0.4 is 5.32 Å². The van der Waals surface area contributed by atoms with Gasteiger partial charge in [-0.15, -0.1) is 0 Å². The van der Waals surface area contributed by atoms with Gasteiger partial charge in [-0.2, -0.15) is 0 Å². The van der Waals surface area contributed by atoms with Crippen LogP contribution in [0.5, 0.6) is 0 Å². The van der Waals surface area contributed by atoms with Gasteiger partial charge in [0.05, 0.1) is 5.56 Å². The van der Waals surface area contributed by atoms with Gasteiger partial charge in [0.2, 0.25) is 0 Å². The van der Waals surface area contributed by atoms with Crippen molar-refractivity contribution in [3.8, 4) is 0 Å². The molecule has 0 saturated heterocycles. The number of hydrogen-bond donors (Lipinski definition) is 2. The number of rotatable bonds is 8. The highest BCUT2D eigenvalue weighted by Gasteiger charge is 2.22. The second-order valence-corrected chi connectivity index (χ2v) is 5.64. The van der Waals surface area contributed by atoms with Crippen molar-refractivity contribution < 1.29 is 9.59 Å². The number of nitrogens with zero attached hydrogens (tertiary/aromatic N) is 1. The molecule has 5 heteroatoms. The van der Waals surface area contributed by atoms with E-state index in [0.717, 1.165) is 42.7 Å². The third kappa shape index (κ3) is 3.99. The number of ketones is 1. The molecule has 0 bridgehead atoms. The van der Waals surface area contributed by atoms with Crippen molar-refractivity contribution in [1.82, 2.24) is 15.2 Å². The first kappa shape index (κ1) is 17.2. The second kappa shape index (κ2) is 7.92. The van der Waals surface area contributed by atoms with E-state index in [9.17, 15) is 9.59 Å². The Labute approximate surface area is 137 Å². The SMILES string of the molecule is CCN(CC)CCCNC(=O)C(=O)c1c(C)[nH]c2ccccc12. The summed E-state index contributed by atoms with van der Waals surface area (Å²) < 4.78 is 0. The van der Waals surface area contributed by atoms with Crippen LogP contribution in [0.2, 0.25) is 0 Å². The predicted molar refractivity (Wildman–Crippen MR) is 92.8 cm³/mol. The summed E-state index contributed by atoms with van der Waals surface area (Å²) in [5.41, 5.74) is 2.08. The monoisotopic (exact) mass is 315 g/mol. The van der Waals surface area contributed by atoms with E-state index in [1.165, 1.54) is 0 Å². The molecule has 0 aliphatic rings. The van der Waals surface area contributed by atoms with Gasteiger partial charge in [-0.05, 0) is 39.0 Å². The van der Waals surface area contributed by atoms with Gasteiger partial charge in [0.1, 0.15) is 0 Å². The zero-order valence-corrected chi connectivity index (χ0v) is 14.1. The molecule has 1 heterocycles. The molecule has 0 saturated carbocycles. The second-order valence-electron chi connectivity index (χ2n) is 5.64. The van der Waals surface area contributed by atoms with Crippen molar-refractivity contribution in [2.75, 3.05) is 26.2 Å². The number of amides is 1. The molecular weight excluding hydrogens is 290 g/mol. The van der Waals surface area contributed by atoms with Gasteiger partial charge < -0.3 is 15.2 Å². The van der Waals surface area contributed by atoms with Crippen LogP contribution in [0.3, 0.4) is 0 Å². The largest absolute Gasteiger partial charge is 0.358 e. The molecule has 0 aliphatic heterocycles. The molecule has 0 spiro atoms. The smallest absolute Gasteiger partial charge is 0.292 e. The minimum atomic E-state index is -0.530. The average Bonchev–Trinajstić information content (AvgIpc) is 2.89. The number of para-hydroxylation sites is 1. The van der Waals surface area contributed by atoms with E-state index in [1.54, 1.807) is 0 Å². The number of carbonyl (C=O) groups is 2. The van der Waals surface area contributed by atoms with Gasteiger partial charge in [-0.3, -0.25) is 9.59 Å². The van der Waals surface area contributed by atoms with E-state index in [-0.39, 0.29) is 0 Å². The molecular formula is C18H25N3O2. The van der Waals surface area contributed by atoms with Gasteiger partial charge in [0.25, 0.3) is 11.7 Å². The summed E-state index contributed by atoms with van der Waals surface area (Å²) in [4.78, 5) is 30.0. The Morgan fingerprint density at radius 2 is 1.87 bits per heavy atom. The maximum absolute atomic E-state index is 12.4. The number of aromatic amines is 1. The van der Waals surface area contributed by atoms with Crippen molar-refractivity contribution in [1.29, 1.82) is 0 Å². The topological polar surface area (TPSA) is 65.2 Å². The molecule has 0 atom stereocenters. The van der Waals surface area contributed by atoms with Crippen molar-refractivity contribution >= 4 is 22.6 Å². The number of hydrogen-bond acceptors (Lipinski definition) is 3. The molecule has 2 rings (SSSR count). The lowest BCUT2D eigenvalue weighted by molar-refractivity contribution is -0.117. The van der Waals surface area contributed by atoms with Crippen molar-refractivity contribution in [3.63, 3.8) is 0 Å². The average molecular weight is 315 g/mol. The number of fused-ring (bicyclic) bond motifs is 1. The van der Waals surface area contributed by atoms with E-state index in [4.69, 9.17) is 0 Å². The van der Waals surface area contributed by atoms with E-state index in [0.29, 0.717) is 12.1 Å². The first-order chi connectivity index (χ1) is 11.1. The molecule has 0 fully saturated rings. The lowest BCUT2D eigenvalue weighted by Gasteiger charge is -2.17. The number of benzene rings is 1. The molecule has 1 aromatic carbocycles. The zero-order chi connectivity index (χ0) is 16.8. The summed E-state index contributed by atoms with van der Waals surface area (Å²) in [6.45, 7) is 9.49. The fourth-order valence-corrected chi connectivity index (χ4v) is 2.81. The van der Waals surface area contributed by atoms with Crippen LogP contribution in [0.25, 0.3) is 10.9 Å². The van der Waals surface area contributed by atoms with Crippen molar-refractivity contribution in [2.24, 2.45) is 0 Å². The van der Waals surface area contributed by atoms with Gasteiger partial charge in [-0.25, -0.2) is 0 Å². The van der Waals surface area contributed by atoms with Crippen LogP contribution in [0, 0.1) is 6.92 Å². The first-order valence-corrected chi connectivity index (χ1v) is 8.20. The minimum absolute atomic E-state index is 0.470. The summed E-state index contributed by atoms with van der Waals surface area (Å²) in [5.74, 6) is -1.000. The summed E-state index contributed by atoms with van der Waals surface area (Å²) in [6.07, 6.45) is 0.841. The van der Waals surface area contributed by atoms with Crippen LogP contribution in [0.4, 0.5) is 0 Å². The lowest BCUT2D eigenvalue weighted by Crippen LogP contribution is -2.34. The quantitative estimate of drug-likeness (QED) is 0.447. The maximum atomic E-state index is 12.4. The lowest BCUT2D eigenvalue weighted by atomic mass is 10.1. The number of aryl methyl sites for hydroxylation is 1. The Kier molecular flexibility index (Phi) is 5.93. The molecule has 0 radical (unpaired) electrons. The number of nitrogens with one attached hydrogen (secondary N) is 2. The van der Waals surface area contributed by atoms with Gasteiger partial charge in [0, 0.05) is 23.1 Å². The van der Waals surface area contributed by atoms with Crippen molar-refractivity contribution in [3.05, 3.63) is 35.5 Å². The Balaban J connectivity index is 1.97. The number of Topliss-reactive ketones (excluding diaryl/α,β-unsaturated/α-hetero) is 1. The summed E-state index contributed by atoms with van der Waals surface area (Å²) in [6, 6.07) is 7.54. The molecule has 124 valence electrons. The maximum Gasteiger partial charge on any atom is 0.292 e. The third-order valence-corrected chi connectivity index (χ3v) is 4.16. The van der Waals surface area contributed by atoms with E-state index in [1.807, 2.05) is 31.2 Å². The number of H-pyrrole nitrogens is 1.